The first-order valence-corrected chi connectivity index (χ1v) is 12.8. The zero-order valence-electron chi connectivity index (χ0n) is 21.7. The van der Waals surface area contributed by atoms with Crippen LogP contribution in [0.4, 0.5) is 14.6 Å². The molecule has 0 spiro atoms. The predicted octanol–water partition coefficient (Wildman–Crippen LogP) is 3.12. The number of nitrogens with zero attached hydrogens (tertiary/aromatic N) is 5. The first-order valence-electron chi connectivity index (χ1n) is 12.5. The molecule has 2 fully saturated rings. The van der Waals surface area contributed by atoms with Crippen molar-refractivity contribution in [2.75, 3.05) is 32.6 Å². The molecule has 0 bridgehead atoms. The highest BCUT2D eigenvalue weighted by Crippen LogP contribution is 2.56. The van der Waals surface area contributed by atoms with E-state index in [1.807, 2.05) is 0 Å². The summed E-state index contributed by atoms with van der Waals surface area (Å²) in [6.07, 6.45) is 2.86. The molecule has 1 aliphatic carbocycles. The van der Waals surface area contributed by atoms with Gasteiger partial charge in [-0.3, -0.25) is 9.59 Å². The molecule has 3 heterocycles. The number of carbonyl (C=O) groups excluding carboxylic acids is 2. The molecular formula is C27H26ClF2N7O3. The number of primary amides is 1. The molecule has 1 saturated heterocycles. The van der Waals surface area contributed by atoms with Crippen LogP contribution in [0.15, 0.2) is 31.0 Å². The Hall–Kier alpha value is -4.08. The SMILES string of the molecule is C=CC(=O)N1CC(n2nc(C#Cc3cc4nncc(C5CC5(F)F)c4cc3Cl)c(C(N)=O)c2NC)C[C@@H]1COC. The van der Waals surface area contributed by atoms with Crippen molar-refractivity contribution in [1.82, 2.24) is 24.9 Å². The zero-order chi connectivity index (χ0) is 28.8. The number of hydrogen-bond donors (Lipinski definition) is 2. The van der Waals surface area contributed by atoms with Gasteiger partial charge in [-0.25, -0.2) is 13.5 Å². The zero-order valence-corrected chi connectivity index (χ0v) is 22.5. The highest BCUT2D eigenvalue weighted by atomic mass is 35.5. The number of aromatic nitrogens is 4. The number of alkyl halides is 2. The van der Waals surface area contributed by atoms with Gasteiger partial charge in [0.25, 0.3) is 11.8 Å². The number of carbonyl (C=O) groups is 2. The molecule has 10 nitrogen and oxygen atoms in total. The Bertz CT molecular complexity index is 1600. The van der Waals surface area contributed by atoms with Gasteiger partial charge in [-0.05, 0) is 36.1 Å². The molecule has 5 rings (SSSR count). The van der Waals surface area contributed by atoms with Gasteiger partial charge < -0.3 is 20.7 Å². The lowest BCUT2D eigenvalue weighted by molar-refractivity contribution is -0.127. The van der Waals surface area contributed by atoms with Gasteiger partial charge in [0.1, 0.15) is 11.4 Å². The van der Waals surface area contributed by atoms with Gasteiger partial charge >= 0.3 is 0 Å². The van der Waals surface area contributed by atoms with E-state index in [9.17, 15) is 18.4 Å². The first-order chi connectivity index (χ1) is 19.1. The summed E-state index contributed by atoms with van der Waals surface area (Å²) < 4.78 is 34.4. The number of anilines is 1. The van der Waals surface area contributed by atoms with Gasteiger partial charge in [0.15, 0.2) is 5.69 Å². The molecular weight excluding hydrogens is 544 g/mol. The molecule has 2 amide bonds. The van der Waals surface area contributed by atoms with Crippen LogP contribution in [0.1, 0.15) is 52.0 Å². The molecule has 0 radical (unpaired) electrons. The average Bonchev–Trinajstić information content (AvgIpc) is 3.24. The fraction of sp³-hybridized carbons (Fsp3) is 0.370. The summed E-state index contributed by atoms with van der Waals surface area (Å²) in [6.45, 7) is 4.22. The fourth-order valence-electron chi connectivity index (χ4n) is 5.22. The van der Waals surface area contributed by atoms with E-state index in [-0.39, 0.29) is 40.7 Å². The topological polar surface area (TPSA) is 128 Å². The number of methoxy groups -OCH3 is 1. The Morgan fingerprint density at radius 2 is 2.12 bits per heavy atom. The fourth-order valence-corrected chi connectivity index (χ4v) is 5.43. The van der Waals surface area contributed by atoms with Crippen LogP contribution >= 0.6 is 11.6 Å². The summed E-state index contributed by atoms with van der Waals surface area (Å²) in [6, 6.07) is 2.61. The molecule has 40 heavy (non-hydrogen) atoms. The van der Waals surface area contributed by atoms with Gasteiger partial charge in [0.05, 0.1) is 41.3 Å². The molecule has 3 aromatic rings. The second kappa shape index (κ2) is 10.5. The van der Waals surface area contributed by atoms with E-state index in [0.717, 1.165) is 0 Å². The van der Waals surface area contributed by atoms with Gasteiger partial charge in [-0.15, -0.1) is 0 Å². The third-order valence-electron chi connectivity index (χ3n) is 7.22. The van der Waals surface area contributed by atoms with Crippen LogP contribution in [0.25, 0.3) is 10.9 Å². The number of halogens is 3. The van der Waals surface area contributed by atoms with Crippen LogP contribution in [0.5, 0.6) is 0 Å². The van der Waals surface area contributed by atoms with Crippen LogP contribution in [-0.4, -0.2) is 76.0 Å². The predicted molar refractivity (Wildman–Crippen MR) is 144 cm³/mol. The number of nitrogens with two attached hydrogens (primary N) is 1. The van der Waals surface area contributed by atoms with E-state index < -0.39 is 17.7 Å². The molecule has 2 aliphatic rings. The monoisotopic (exact) mass is 569 g/mol. The Kier molecular flexibility index (Phi) is 7.20. The van der Waals surface area contributed by atoms with Crippen LogP contribution < -0.4 is 11.1 Å². The van der Waals surface area contributed by atoms with Crippen molar-refractivity contribution < 1.29 is 23.1 Å². The van der Waals surface area contributed by atoms with E-state index in [1.165, 1.54) is 12.3 Å². The minimum atomic E-state index is -2.77. The molecule has 1 saturated carbocycles. The Morgan fingerprint density at radius 1 is 1.38 bits per heavy atom. The van der Waals surface area contributed by atoms with E-state index in [4.69, 9.17) is 22.1 Å². The summed E-state index contributed by atoms with van der Waals surface area (Å²) in [5.41, 5.74) is 7.02. The summed E-state index contributed by atoms with van der Waals surface area (Å²) in [7, 11) is 3.19. The highest BCUT2D eigenvalue weighted by Gasteiger charge is 2.58. The number of fused-ring (bicyclic) bond motifs is 1. The summed E-state index contributed by atoms with van der Waals surface area (Å²) in [5.74, 6) is 1.49. The molecule has 3 atom stereocenters. The van der Waals surface area contributed by atoms with Gasteiger partial charge in [0.2, 0.25) is 5.91 Å². The van der Waals surface area contributed by atoms with Crippen molar-refractivity contribution in [3.63, 3.8) is 0 Å². The van der Waals surface area contributed by atoms with Crippen molar-refractivity contribution in [1.29, 1.82) is 0 Å². The van der Waals surface area contributed by atoms with Crippen molar-refractivity contribution in [3.8, 4) is 11.8 Å². The van der Waals surface area contributed by atoms with Crippen LogP contribution in [0.3, 0.4) is 0 Å². The van der Waals surface area contributed by atoms with E-state index in [2.05, 4.69) is 39.0 Å². The van der Waals surface area contributed by atoms with Crippen molar-refractivity contribution in [3.05, 3.63) is 58.4 Å². The summed E-state index contributed by atoms with van der Waals surface area (Å²) >= 11 is 6.49. The lowest BCUT2D eigenvalue weighted by Gasteiger charge is -2.22. The van der Waals surface area contributed by atoms with Crippen molar-refractivity contribution in [2.24, 2.45) is 5.73 Å². The highest BCUT2D eigenvalue weighted by molar-refractivity contribution is 6.32. The second-order valence-corrected chi connectivity index (χ2v) is 10.1. The summed E-state index contributed by atoms with van der Waals surface area (Å²) in [4.78, 5) is 26.6. The average molecular weight is 570 g/mol. The van der Waals surface area contributed by atoms with Crippen molar-refractivity contribution >= 4 is 40.1 Å². The maximum absolute atomic E-state index is 13.7. The quantitative estimate of drug-likeness (QED) is 0.330. The minimum Gasteiger partial charge on any atom is -0.383 e. The second-order valence-electron chi connectivity index (χ2n) is 9.74. The Morgan fingerprint density at radius 3 is 2.75 bits per heavy atom. The lowest BCUT2D eigenvalue weighted by atomic mass is 10.0. The van der Waals surface area contributed by atoms with Crippen LogP contribution in [0.2, 0.25) is 5.02 Å². The van der Waals surface area contributed by atoms with Crippen LogP contribution in [0, 0.1) is 11.8 Å². The van der Waals surface area contributed by atoms with Crippen molar-refractivity contribution in [2.45, 2.75) is 36.8 Å². The summed E-state index contributed by atoms with van der Waals surface area (Å²) in [5, 5.41) is 16.2. The lowest BCUT2D eigenvalue weighted by Crippen LogP contribution is -2.37. The molecule has 13 heteroatoms. The number of nitrogens with one attached hydrogen (secondary N) is 1. The Labute approximate surface area is 233 Å². The number of likely N-dealkylation sites (tertiary alicyclic amines) is 1. The number of hydrogen-bond acceptors (Lipinski definition) is 7. The largest absolute Gasteiger partial charge is 0.383 e. The molecule has 1 aliphatic heterocycles. The number of rotatable bonds is 7. The molecule has 2 aromatic heterocycles. The number of amides is 2. The standard InChI is InChI=1S/C27H26ClF2N7O3/c1-4-23(38)36-12-15(8-16(36)13-40-3)37-26(32-2)24(25(31)39)21(35-37)6-5-14-7-22-17(9-20(14)28)18(11-33-34-22)19-10-27(19,29)30/h4,7,9,11,15-16,19,32H,1,8,10,12-13H2,2-3H3,(H2,31,39)/t15?,16-,19?/m1/s1. The first kappa shape index (κ1) is 27.5. The van der Waals surface area contributed by atoms with E-state index >= 15 is 0 Å². The number of ether oxygens (including phenoxy) is 1. The van der Waals surface area contributed by atoms with Crippen LogP contribution in [-0.2, 0) is 9.53 Å². The molecule has 3 N–H and O–H groups in total. The molecule has 208 valence electrons. The normalized spacial score (nSPS) is 21.1. The third-order valence-corrected chi connectivity index (χ3v) is 7.54. The van der Waals surface area contributed by atoms with Gasteiger partial charge in [-0.1, -0.05) is 24.1 Å². The molecule has 1 aromatic carbocycles. The minimum absolute atomic E-state index is 0.0849. The maximum Gasteiger partial charge on any atom is 0.256 e. The third kappa shape index (κ3) is 4.87. The molecule has 2 unspecified atom stereocenters. The Balaban J connectivity index is 1.52. The van der Waals surface area contributed by atoms with E-state index in [0.29, 0.717) is 47.4 Å². The van der Waals surface area contributed by atoms with E-state index in [1.54, 1.807) is 35.9 Å². The van der Waals surface area contributed by atoms with Gasteiger partial charge in [-0.2, -0.15) is 15.3 Å². The smallest absolute Gasteiger partial charge is 0.256 e. The maximum atomic E-state index is 13.7. The van der Waals surface area contributed by atoms with Gasteiger partial charge in [0, 0.05) is 38.1 Å². The number of benzene rings is 1.